The molecule has 1 amide bonds. The predicted octanol–water partition coefficient (Wildman–Crippen LogP) is 3.21. The van der Waals surface area contributed by atoms with Crippen molar-refractivity contribution in [3.8, 4) is 0 Å². The van der Waals surface area contributed by atoms with Gasteiger partial charge in [0, 0.05) is 34.6 Å². The van der Waals surface area contributed by atoms with E-state index in [1.165, 1.54) is 0 Å². The maximum absolute atomic E-state index is 12.0. The van der Waals surface area contributed by atoms with Gasteiger partial charge in [0.15, 0.2) is 0 Å². The molecule has 1 aromatic carbocycles. The third-order valence-electron chi connectivity index (χ3n) is 2.91. The van der Waals surface area contributed by atoms with Crippen molar-refractivity contribution in [2.75, 3.05) is 18.8 Å². The van der Waals surface area contributed by atoms with Crippen LogP contribution in [0.5, 0.6) is 0 Å². The lowest BCUT2D eigenvalue weighted by Crippen LogP contribution is -2.30. The minimum atomic E-state index is -1.02. The summed E-state index contributed by atoms with van der Waals surface area (Å²) in [6.07, 6.45) is 1.14. The summed E-state index contributed by atoms with van der Waals surface area (Å²) in [6, 6.07) is 7.47. The van der Waals surface area contributed by atoms with Crippen molar-refractivity contribution >= 4 is 32.6 Å². The van der Waals surface area contributed by atoms with Gasteiger partial charge in [-0.1, -0.05) is 15.9 Å². The zero-order chi connectivity index (χ0) is 14.3. The Hall–Kier alpha value is -0.680. The highest BCUT2D eigenvalue weighted by Crippen LogP contribution is 2.14. The summed E-state index contributed by atoms with van der Waals surface area (Å²) in [4.78, 5) is 14.4. The Morgan fingerprint density at radius 1 is 1.21 bits per heavy atom. The van der Waals surface area contributed by atoms with Crippen molar-refractivity contribution in [1.29, 1.82) is 0 Å². The van der Waals surface area contributed by atoms with Crippen LogP contribution >= 0.6 is 15.9 Å². The van der Waals surface area contributed by atoms with E-state index < -0.39 is 10.8 Å². The third kappa shape index (κ3) is 5.45. The Kier molecular flexibility index (Phi) is 7.31. The van der Waals surface area contributed by atoms with E-state index in [0.29, 0.717) is 18.6 Å². The molecule has 0 saturated carbocycles. The lowest BCUT2D eigenvalue weighted by atomic mass is 10.3. The number of nitrogens with zero attached hydrogens (tertiary/aromatic N) is 1. The van der Waals surface area contributed by atoms with Crippen LogP contribution in [0, 0.1) is 0 Å². The minimum absolute atomic E-state index is 0.151. The lowest BCUT2D eigenvalue weighted by molar-refractivity contribution is -0.130. The molecule has 106 valence electrons. The number of amides is 1. The number of hydrogen-bond acceptors (Lipinski definition) is 2. The first kappa shape index (κ1) is 16.4. The van der Waals surface area contributed by atoms with Gasteiger partial charge in [0.2, 0.25) is 5.91 Å². The number of carbonyl (C=O) groups excluding carboxylic acids is 1. The van der Waals surface area contributed by atoms with Crippen molar-refractivity contribution in [3.63, 3.8) is 0 Å². The molecule has 1 atom stereocenters. The van der Waals surface area contributed by atoms with Gasteiger partial charge in [-0.05, 0) is 44.5 Å². The van der Waals surface area contributed by atoms with E-state index in [-0.39, 0.29) is 5.91 Å². The van der Waals surface area contributed by atoms with Crippen LogP contribution in [-0.2, 0) is 15.6 Å². The van der Waals surface area contributed by atoms with E-state index in [0.717, 1.165) is 22.5 Å². The Balaban J connectivity index is 2.39. The largest absolute Gasteiger partial charge is 0.343 e. The Labute approximate surface area is 126 Å². The van der Waals surface area contributed by atoms with Crippen molar-refractivity contribution in [1.82, 2.24) is 4.90 Å². The van der Waals surface area contributed by atoms with E-state index in [2.05, 4.69) is 15.9 Å². The average molecular weight is 346 g/mol. The number of carbonyl (C=O) groups is 1. The maximum Gasteiger partial charge on any atom is 0.222 e. The molecule has 0 aromatic heterocycles. The van der Waals surface area contributed by atoms with E-state index in [1.807, 2.05) is 43.0 Å². The van der Waals surface area contributed by atoms with Crippen LogP contribution in [0.4, 0.5) is 0 Å². The monoisotopic (exact) mass is 345 g/mol. The molecule has 1 aromatic rings. The normalized spacial score (nSPS) is 12.2. The molecule has 0 spiro atoms. The number of hydrogen-bond donors (Lipinski definition) is 0. The van der Waals surface area contributed by atoms with Crippen molar-refractivity contribution in [3.05, 3.63) is 28.7 Å². The summed E-state index contributed by atoms with van der Waals surface area (Å²) in [5, 5.41) is 0. The van der Waals surface area contributed by atoms with Gasteiger partial charge in [0.1, 0.15) is 0 Å². The molecule has 0 N–H and O–H groups in total. The van der Waals surface area contributed by atoms with E-state index in [1.54, 1.807) is 0 Å². The Morgan fingerprint density at radius 2 is 1.79 bits per heavy atom. The van der Waals surface area contributed by atoms with Crippen LogP contribution in [0.2, 0.25) is 0 Å². The van der Waals surface area contributed by atoms with Gasteiger partial charge < -0.3 is 4.90 Å². The molecule has 0 aliphatic rings. The van der Waals surface area contributed by atoms with Crippen LogP contribution in [0.15, 0.2) is 33.6 Å². The fourth-order valence-corrected chi connectivity index (χ4v) is 3.14. The smallest absolute Gasteiger partial charge is 0.222 e. The van der Waals surface area contributed by atoms with Gasteiger partial charge in [-0.15, -0.1) is 0 Å². The quantitative estimate of drug-likeness (QED) is 0.760. The molecule has 19 heavy (non-hydrogen) atoms. The SMILES string of the molecule is CCN(CC)C(=O)CCCS(=O)c1ccc(Br)cc1. The van der Waals surface area contributed by atoms with Crippen molar-refractivity contribution < 1.29 is 9.00 Å². The Bertz CT molecular complexity index is 430. The standard InChI is InChI=1S/C14H20BrNO2S/c1-3-16(4-2)14(17)6-5-11-19(18)13-9-7-12(15)8-10-13/h7-10H,3-6,11H2,1-2H3. The second kappa shape index (κ2) is 8.48. The summed E-state index contributed by atoms with van der Waals surface area (Å²) in [5.41, 5.74) is 0. The number of rotatable bonds is 7. The second-order valence-electron chi connectivity index (χ2n) is 4.17. The zero-order valence-corrected chi connectivity index (χ0v) is 13.8. The first-order valence-electron chi connectivity index (χ1n) is 6.50. The second-order valence-corrected chi connectivity index (χ2v) is 6.66. The highest BCUT2D eigenvalue weighted by molar-refractivity contribution is 9.10. The Morgan fingerprint density at radius 3 is 2.32 bits per heavy atom. The molecule has 0 saturated heterocycles. The average Bonchev–Trinajstić information content (AvgIpc) is 2.40. The van der Waals surface area contributed by atoms with Gasteiger partial charge in [-0.3, -0.25) is 9.00 Å². The molecule has 0 aliphatic carbocycles. The topological polar surface area (TPSA) is 37.4 Å². The molecule has 1 unspecified atom stereocenters. The van der Waals surface area contributed by atoms with Crippen LogP contribution in [0.1, 0.15) is 26.7 Å². The predicted molar refractivity (Wildman–Crippen MR) is 82.6 cm³/mol. The number of benzene rings is 1. The van der Waals surface area contributed by atoms with Gasteiger partial charge in [0.05, 0.1) is 10.8 Å². The van der Waals surface area contributed by atoms with Gasteiger partial charge >= 0.3 is 0 Å². The van der Waals surface area contributed by atoms with E-state index in [9.17, 15) is 9.00 Å². The summed E-state index contributed by atoms with van der Waals surface area (Å²) < 4.78 is 13.0. The van der Waals surface area contributed by atoms with Crippen LogP contribution in [-0.4, -0.2) is 33.9 Å². The highest BCUT2D eigenvalue weighted by Gasteiger charge is 2.10. The first-order valence-corrected chi connectivity index (χ1v) is 8.61. The van der Waals surface area contributed by atoms with Gasteiger partial charge in [-0.25, -0.2) is 0 Å². The summed E-state index contributed by atoms with van der Waals surface area (Å²) in [5.74, 6) is 0.687. The summed E-state index contributed by atoms with van der Waals surface area (Å²) >= 11 is 3.35. The fraction of sp³-hybridized carbons (Fsp3) is 0.500. The molecule has 5 heteroatoms. The zero-order valence-electron chi connectivity index (χ0n) is 11.4. The number of halogens is 1. The van der Waals surface area contributed by atoms with Crippen molar-refractivity contribution in [2.45, 2.75) is 31.6 Å². The van der Waals surface area contributed by atoms with Crippen LogP contribution in [0.3, 0.4) is 0 Å². The lowest BCUT2D eigenvalue weighted by Gasteiger charge is -2.18. The first-order chi connectivity index (χ1) is 9.08. The highest BCUT2D eigenvalue weighted by atomic mass is 79.9. The molecule has 0 heterocycles. The molecule has 3 nitrogen and oxygen atoms in total. The van der Waals surface area contributed by atoms with Gasteiger partial charge in [0.25, 0.3) is 0 Å². The molecule has 1 rings (SSSR count). The van der Waals surface area contributed by atoms with Crippen LogP contribution < -0.4 is 0 Å². The summed E-state index contributed by atoms with van der Waals surface area (Å²) in [7, 11) is -1.02. The molecular weight excluding hydrogens is 326 g/mol. The molecule has 0 aliphatic heterocycles. The molecular formula is C14H20BrNO2S. The van der Waals surface area contributed by atoms with Gasteiger partial charge in [-0.2, -0.15) is 0 Å². The fourth-order valence-electron chi connectivity index (χ4n) is 1.79. The van der Waals surface area contributed by atoms with Crippen molar-refractivity contribution in [2.24, 2.45) is 0 Å². The van der Waals surface area contributed by atoms with E-state index >= 15 is 0 Å². The molecule has 0 radical (unpaired) electrons. The molecule has 0 fully saturated rings. The van der Waals surface area contributed by atoms with Crippen LogP contribution in [0.25, 0.3) is 0 Å². The maximum atomic E-state index is 12.0. The summed E-state index contributed by atoms with van der Waals surface area (Å²) in [6.45, 7) is 5.43. The third-order valence-corrected chi connectivity index (χ3v) is 4.90. The minimum Gasteiger partial charge on any atom is -0.343 e. The molecule has 0 bridgehead atoms. The van der Waals surface area contributed by atoms with E-state index in [4.69, 9.17) is 0 Å².